The quantitative estimate of drug-likeness (QED) is 0.617. The van der Waals surface area contributed by atoms with Gasteiger partial charge in [0.05, 0.1) is 10.4 Å². The number of rotatable bonds is 5. The summed E-state index contributed by atoms with van der Waals surface area (Å²) in [6, 6.07) is 9.79. The molecule has 0 aliphatic carbocycles. The lowest BCUT2D eigenvalue weighted by Gasteiger charge is -2.19. The molecule has 0 spiro atoms. The highest BCUT2D eigenvalue weighted by Gasteiger charge is 2.17. The van der Waals surface area contributed by atoms with Gasteiger partial charge in [0, 0.05) is 10.6 Å². The Hall–Kier alpha value is -2.67. The fourth-order valence-corrected chi connectivity index (χ4v) is 2.81. The molecule has 0 atom stereocenters. The molecular weight excluding hydrogens is 354 g/mol. The van der Waals surface area contributed by atoms with Crippen molar-refractivity contribution in [2.45, 2.75) is 33.3 Å². The maximum atomic E-state index is 12.1. The molecule has 1 N–H and O–H groups in total. The minimum Gasteiger partial charge on any atom is -0.454 e. The number of carbonyl (C=O) groups excluding carboxylic acids is 3. The molecule has 6 nitrogen and oxygen atoms in total. The minimum atomic E-state index is -0.639. The van der Waals surface area contributed by atoms with E-state index in [1.165, 1.54) is 17.4 Å². The number of hydrogen-bond acceptors (Lipinski definition) is 6. The van der Waals surface area contributed by atoms with Crippen LogP contribution >= 0.6 is 11.3 Å². The highest BCUT2D eigenvalue weighted by Crippen LogP contribution is 2.17. The molecule has 2 rings (SSSR count). The lowest BCUT2D eigenvalue weighted by atomic mass is 10.2. The van der Waals surface area contributed by atoms with Crippen LogP contribution in [0.4, 0.5) is 10.5 Å². The normalized spacial score (nSPS) is 10.9. The molecule has 2 aromatic rings. The molecular formula is C19H21NO5S. The Labute approximate surface area is 156 Å². The zero-order valence-corrected chi connectivity index (χ0v) is 15.9. The van der Waals surface area contributed by atoms with Crippen LogP contribution in [0.5, 0.6) is 0 Å². The predicted molar refractivity (Wildman–Crippen MR) is 100.0 cm³/mol. The van der Waals surface area contributed by atoms with Gasteiger partial charge in [-0.15, -0.1) is 11.3 Å². The molecule has 1 heterocycles. The molecule has 0 radical (unpaired) electrons. The van der Waals surface area contributed by atoms with E-state index in [9.17, 15) is 14.4 Å². The Bertz CT molecular complexity index is 819. The van der Waals surface area contributed by atoms with Crippen LogP contribution in [0.3, 0.4) is 0 Å². The maximum Gasteiger partial charge on any atom is 0.412 e. The number of hydrogen-bond donors (Lipinski definition) is 1. The summed E-state index contributed by atoms with van der Waals surface area (Å²) in [5.41, 5.74) is 0.00356. The first-order chi connectivity index (χ1) is 12.1. The number of benzene rings is 1. The van der Waals surface area contributed by atoms with Crippen LogP contribution in [0.1, 0.15) is 45.7 Å². The summed E-state index contributed by atoms with van der Waals surface area (Å²) in [4.78, 5) is 37.5. The number of anilines is 1. The van der Waals surface area contributed by atoms with Crippen LogP contribution in [0.15, 0.2) is 36.4 Å². The van der Waals surface area contributed by atoms with Gasteiger partial charge in [-0.2, -0.15) is 0 Å². The van der Waals surface area contributed by atoms with Crippen molar-refractivity contribution in [1.29, 1.82) is 0 Å². The summed E-state index contributed by atoms with van der Waals surface area (Å²) in [6.45, 7) is 6.84. The minimum absolute atomic E-state index is 0.230. The van der Waals surface area contributed by atoms with E-state index in [1.54, 1.807) is 45.0 Å². The van der Waals surface area contributed by atoms with Gasteiger partial charge < -0.3 is 9.47 Å². The summed E-state index contributed by atoms with van der Waals surface area (Å²) in [6.07, 6.45) is -0.619. The highest BCUT2D eigenvalue weighted by atomic mass is 32.1. The monoisotopic (exact) mass is 375 g/mol. The Morgan fingerprint density at radius 2 is 1.85 bits per heavy atom. The van der Waals surface area contributed by atoms with E-state index in [4.69, 9.17) is 9.47 Å². The number of amides is 1. The van der Waals surface area contributed by atoms with Gasteiger partial charge >= 0.3 is 12.1 Å². The number of esters is 1. The summed E-state index contributed by atoms with van der Waals surface area (Å²) in [5.74, 6) is -0.890. The molecule has 26 heavy (non-hydrogen) atoms. The first-order valence-corrected chi connectivity index (χ1v) is 8.82. The number of carbonyl (C=O) groups is 3. The molecule has 1 aromatic carbocycles. The van der Waals surface area contributed by atoms with E-state index < -0.39 is 17.7 Å². The molecule has 0 aliphatic rings. The molecule has 0 saturated heterocycles. The smallest absolute Gasteiger partial charge is 0.412 e. The zero-order chi connectivity index (χ0) is 19.3. The van der Waals surface area contributed by atoms with Gasteiger partial charge in [0.15, 0.2) is 6.61 Å². The van der Waals surface area contributed by atoms with Crippen LogP contribution in [0.25, 0.3) is 0 Å². The molecule has 0 aliphatic heterocycles. The van der Waals surface area contributed by atoms with E-state index in [1.807, 2.05) is 13.0 Å². The predicted octanol–water partition coefficient (Wildman–Crippen LogP) is 4.44. The van der Waals surface area contributed by atoms with E-state index in [2.05, 4.69) is 5.32 Å². The average Bonchev–Trinajstić information content (AvgIpc) is 2.97. The Morgan fingerprint density at radius 3 is 2.46 bits per heavy atom. The van der Waals surface area contributed by atoms with Crippen molar-refractivity contribution < 1.29 is 23.9 Å². The van der Waals surface area contributed by atoms with Crippen molar-refractivity contribution in [2.24, 2.45) is 0 Å². The standard InChI is InChI=1S/C19H21NO5S/c1-12-8-9-16(26-12)15(21)11-24-17(22)13-6-5-7-14(10-13)20-18(23)25-19(2,3)4/h5-10H,11H2,1-4H3,(H,20,23). The Balaban J connectivity index is 1.95. The highest BCUT2D eigenvalue weighted by molar-refractivity contribution is 7.14. The number of ether oxygens (including phenoxy) is 2. The molecule has 0 fully saturated rings. The molecule has 138 valence electrons. The first-order valence-electron chi connectivity index (χ1n) is 8.01. The van der Waals surface area contributed by atoms with Crippen molar-refractivity contribution in [3.05, 3.63) is 51.7 Å². The zero-order valence-electron chi connectivity index (χ0n) is 15.1. The van der Waals surface area contributed by atoms with Crippen LogP contribution < -0.4 is 5.32 Å². The van der Waals surface area contributed by atoms with Gasteiger partial charge in [0.25, 0.3) is 0 Å². The number of ketones is 1. The van der Waals surface area contributed by atoms with Crippen LogP contribution in [0, 0.1) is 6.92 Å². The largest absolute Gasteiger partial charge is 0.454 e. The van der Waals surface area contributed by atoms with E-state index in [0.717, 1.165) is 4.88 Å². The molecule has 0 bridgehead atoms. The van der Waals surface area contributed by atoms with E-state index in [0.29, 0.717) is 10.6 Å². The second-order valence-corrected chi connectivity index (χ2v) is 7.91. The number of nitrogens with one attached hydrogen (secondary N) is 1. The SMILES string of the molecule is Cc1ccc(C(=O)COC(=O)c2cccc(NC(=O)OC(C)(C)C)c2)s1. The Morgan fingerprint density at radius 1 is 1.12 bits per heavy atom. The number of Topliss-reactive ketones (excluding diaryl/α,β-unsaturated/α-hetero) is 1. The second kappa shape index (κ2) is 8.14. The molecule has 7 heteroatoms. The lowest BCUT2D eigenvalue weighted by molar-refractivity contribution is 0.0475. The Kier molecular flexibility index (Phi) is 6.15. The van der Waals surface area contributed by atoms with Gasteiger partial charge in [-0.05, 0) is 58.0 Å². The van der Waals surface area contributed by atoms with E-state index >= 15 is 0 Å². The molecule has 0 saturated carbocycles. The molecule has 1 amide bonds. The van der Waals surface area contributed by atoms with Crippen LogP contribution in [0.2, 0.25) is 0 Å². The van der Waals surface area contributed by atoms with Crippen LogP contribution in [-0.2, 0) is 9.47 Å². The number of thiophene rings is 1. The van der Waals surface area contributed by atoms with Gasteiger partial charge in [0.1, 0.15) is 5.60 Å². The maximum absolute atomic E-state index is 12.1. The topological polar surface area (TPSA) is 81.7 Å². The third-order valence-corrected chi connectivity index (χ3v) is 4.13. The van der Waals surface area contributed by atoms with Gasteiger partial charge in [-0.3, -0.25) is 10.1 Å². The summed E-state index contributed by atoms with van der Waals surface area (Å²) in [5, 5.41) is 2.55. The first kappa shape index (κ1) is 19.7. The fourth-order valence-electron chi connectivity index (χ4n) is 2.02. The third-order valence-electron chi connectivity index (χ3n) is 3.09. The van der Waals surface area contributed by atoms with Crippen molar-refractivity contribution in [3.8, 4) is 0 Å². The van der Waals surface area contributed by atoms with Crippen molar-refractivity contribution in [3.63, 3.8) is 0 Å². The second-order valence-electron chi connectivity index (χ2n) is 6.62. The van der Waals surface area contributed by atoms with Crippen LogP contribution in [-0.4, -0.2) is 30.1 Å². The van der Waals surface area contributed by atoms with Crippen molar-refractivity contribution in [2.75, 3.05) is 11.9 Å². The number of aryl methyl sites for hydroxylation is 1. The lowest BCUT2D eigenvalue weighted by Crippen LogP contribution is -2.27. The van der Waals surface area contributed by atoms with Crippen molar-refractivity contribution in [1.82, 2.24) is 0 Å². The summed E-state index contributed by atoms with van der Waals surface area (Å²) < 4.78 is 10.2. The molecule has 1 aromatic heterocycles. The van der Waals surface area contributed by atoms with Gasteiger partial charge in [-0.1, -0.05) is 6.07 Å². The van der Waals surface area contributed by atoms with E-state index in [-0.39, 0.29) is 18.0 Å². The van der Waals surface area contributed by atoms with Crippen molar-refractivity contribution >= 4 is 34.9 Å². The van der Waals surface area contributed by atoms with Gasteiger partial charge in [0.2, 0.25) is 5.78 Å². The summed E-state index contributed by atoms with van der Waals surface area (Å²) >= 11 is 1.35. The average molecular weight is 375 g/mol. The van der Waals surface area contributed by atoms with Gasteiger partial charge in [-0.25, -0.2) is 9.59 Å². The molecule has 0 unspecified atom stereocenters. The third kappa shape index (κ3) is 6.00. The fraction of sp³-hybridized carbons (Fsp3) is 0.316. The summed E-state index contributed by atoms with van der Waals surface area (Å²) in [7, 11) is 0.